The van der Waals surface area contributed by atoms with Gasteiger partial charge in [-0.15, -0.1) is 13.2 Å². The van der Waals surface area contributed by atoms with E-state index in [9.17, 15) is 26.4 Å². The van der Waals surface area contributed by atoms with Gasteiger partial charge in [-0.2, -0.15) is 0 Å². The van der Waals surface area contributed by atoms with Crippen LogP contribution in [0, 0.1) is 0 Å². The summed E-state index contributed by atoms with van der Waals surface area (Å²) in [6.07, 6.45) is -4.96. The van der Waals surface area contributed by atoms with Gasteiger partial charge in [-0.1, -0.05) is 29.8 Å². The second kappa shape index (κ2) is 9.07. The van der Waals surface area contributed by atoms with Gasteiger partial charge in [0.2, 0.25) is 10.0 Å². The molecule has 0 unspecified atom stereocenters. The lowest BCUT2D eigenvalue weighted by Gasteiger charge is -2.15. The fourth-order valence-electron chi connectivity index (χ4n) is 2.57. The summed E-state index contributed by atoms with van der Waals surface area (Å²) in [7, 11) is -4.02. The number of carbonyl (C=O) groups is 1. The number of halogens is 4. The van der Waals surface area contributed by atoms with Gasteiger partial charge >= 0.3 is 6.36 Å². The molecule has 0 aliphatic heterocycles. The quantitative estimate of drug-likeness (QED) is 0.513. The molecule has 168 valence electrons. The van der Waals surface area contributed by atoms with Crippen LogP contribution in [0.25, 0.3) is 0 Å². The molecule has 32 heavy (non-hydrogen) atoms. The van der Waals surface area contributed by atoms with Gasteiger partial charge in [0.15, 0.2) is 0 Å². The predicted molar refractivity (Wildman–Crippen MR) is 110 cm³/mol. The summed E-state index contributed by atoms with van der Waals surface area (Å²) in [4.78, 5) is 12.6. The second-order valence-electron chi connectivity index (χ2n) is 6.27. The zero-order valence-electron chi connectivity index (χ0n) is 15.9. The molecule has 0 aromatic heterocycles. The summed E-state index contributed by atoms with van der Waals surface area (Å²) < 4.78 is 70.4. The molecule has 0 atom stereocenters. The van der Waals surface area contributed by atoms with Crippen LogP contribution in [-0.2, 0) is 10.0 Å². The van der Waals surface area contributed by atoms with Crippen LogP contribution in [0.3, 0.4) is 0 Å². The number of hydrogen-bond donors (Lipinski definition) is 2. The molecule has 0 heterocycles. The number of anilines is 1. The van der Waals surface area contributed by atoms with E-state index in [-0.39, 0.29) is 32.7 Å². The maximum absolute atomic E-state index is 12.8. The third kappa shape index (κ3) is 6.13. The van der Waals surface area contributed by atoms with Crippen molar-refractivity contribution in [2.24, 2.45) is 5.14 Å². The minimum absolute atomic E-state index is 0.0841. The zero-order valence-corrected chi connectivity index (χ0v) is 17.5. The SMILES string of the molecule is NS(=O)(=O)c1cccc(NC(=O)c2ccc(OC(F)(F)F)cc2Oc2ccccc2Cl)c1. The molecule has 0 radical (unpaired) electrons. The minimum atomic E-state index is -4.96. The van der Waals surface area contributed by atoms with Crippen molar-refractivity contribution in [2.45, 2.75) is 11.3 Å². The summed E-state index contributed by atoms with van der Waals surface area (Å²) >= 11 is 6.04. The first-order valence-electron chi connectivity index (χ1n) is 8.69. The Morgan fingerprint density at radius 3 is 2.34 bits per heavy atom. The van der Waals surface area contributed by atoms with Crippen molar-refractivity contribution in [3.63, 3.8) is 0 Å². The lowest BCUT2D eigenvalue weighted by atomic mass is 10.1. The molecule has 0 saturated carbocycles. The largest absolute Gasteiger partial charge is 0.573 e. The Bertz CT molecular complexity index is 1270. The Morgan fingerprint density at radius 1 is 0.969 bits per heavy atom. The molecule has 0 aliphatic rings. The first-order valence-corrected chi connectivity index (χ1v) is 10.6. The zero-order chi connectivity index (χ0) is 23.5. The maximum atomic E-state index is 12.8. The summed E-state index contributed by atoms with van der Waals surface area (Å²) in [6, 6.07) is 14.1. The van der Waals surface area contributed by atoms with Crippen molar-refractivity contribution in [1.29, 1.82) is 0 Å². The smallest absolute Gasteiger partial charge is 0.455 e. The lowest BCUT2D eigenvalue weighted by molar-refractivity contribution is -0.274. The molecule has 12 heteroatoms. The normalized spacial score (nSPS) is 11.7. The average molecular weight is 487 g/mol. The van der Waals surface area contributed by atoms with Gasteiger partial charge in [-0.05, 0) is 42.5 Å². The van der Waals surface area contributed by atoms with E-state index in [0.29, 0.717) is 0 Å². The van der Waals surface area contributed by atoms with Crippen molar-refractivity contribution in [3.8, 4) is 17.2 Å². The van der Waals surface area contributed by atoms with Gasteiger partial charge < -0.3 is 14.8 Å². The minimum Gasteiger partial charge on any atom is -0.455 e. The van der Waals surface area contributed by atoms with Crippen LogP contribution in [0.5, 0.6) is 17.2 Å². The Labute approximate surface area is 185 Å². The highest BCUT2D eigenvalue weighted by Gasteiger charge is 2.31. The van der Waals surface area contributed by atoms with E-state index in [2.05, 4.69) is 10.1 Å². The molecule has 0 bridgehead atoms. The number of rotatable bonds is 6. The highest BCUT2D eigenvalue weighted by molar-refractivity contribution is 7.89. The van der Waals surface area contributed by atoms with E-state index in [4.69, 9.17) is 21.5 Å². The molecular weight excluding hydrogens is 473 g/mol. The summed E-state index contributed by atoms with van der Waals surface area (Å²) in [6.45, 7) is 0. The molecule has 3 aromatic rings. The highest BCUT2D eigenvalue weighted by atomic mass is 35.5. The van der Waals surface area contributed by atoms with Crippen molar-refractivity contribution < 1.29 is 35.9 Å². The highest BCUT2D eigenvalue weighted by Crippen LogP contribution is 2.35. The van der Waals surface area contributed by atoms with Crippen molar-refractivity contribution >= 4 is 33.2 Å². The third-order valence-electron chi connectivity index (χ3n) is 3.91. The van der Waals surface area contributed by atoms with Crippen LogP contribution >= 0.6 is 11.6 Å². The molecule has 3 aromatic carbocycles. The molecule has 1 amide bonds. The van der Waals surface area contributed by atoms with Crippen LogP contribution in [0.2, 0.25) is 5.02 Å². The third-order valence-corrected chi connectivity index (χ3v) is 5.13. The van der Waals surface area contributed by atoms with E-state index in [1.165, 1.54) is 30.3 Å². The fraction of sp³-hybridized carbons (Fsp3) is 0.0500. The monoisotopic (exact) mass is 486 g/mol. The number of ether oxygens (including phenoxy) is 2. The maximum Gasteiger partial charge on any atom is 0.573 e. The topological polar surface area (TPSA) is 108 Å². The molecular formula is C20H14ClF3N2O5S. The number of nitrogens with two attached hydrogens (primary N) is 1. The van der Waals surface area contributed by atoms with Crippen molar-refractivity contribution in [3.05, 3.63) is 77.3 Å². The first-order chi connectivity index (χ1) is 14.9. The fourth-order valence-corrected chi connectivity index (χ4v) is 3.30. The number of para-hydroxylation sites is 1. The number of sulfonamides is 1. The molecule has 3 N–H and O–H groups in total. The number of amides is 1. The van der Waals surface area contributed by atoms with Crippen LogP contribution in [0.15, 0.2) is 71.6 Å². The summed E-state index contributed by atoms with van der Waals surface area (Å²) in [5.74, 6) is -1.60. The number of alkyl halides is 3. The molecule has 7 nitrogen and oxygen atoms in total. The Kier molecular flexibility index (Phi) is 6.63. The lowest BCUT2D eigenvalue weighted by Crippen LogP contribution is -2.18. The molecule has 0 saturated heterocycles. The molecule has 0 aliphatic carbocycles. The molecule has 0 fully saturated rings. The van der Waals surface area contributed by atoms with Crippen molar-refractivity contribution in [1.82, 2.24) is 0 Å². The number of carbonyl (C=O) groups excluding carboxylic acids is 1. The predicted octanol–water partition coefficient (Wildman–Crippen LogP) is 4.93. The number of benzene rings is 3. The first kappa shape index (κ1) is 23.4. The number of nitrogens with one attached hydrogen (secondary N) is 1. The Morgan fingerprint density at radius 2 is 1.69 bits per heavy atom. The van der Waals surface area contributed by atoms with E-state index in [1.807, 2.05) is 0 Å². The Balaban J connectivity index is 1.97. The van der Waals surface area contributed by atoms with E-state index in [0.717, 1.165) is 24.3 Å². The van der Waals surface area contributed by atoms with Gasteiger partial charge in [0.05, 0.1) is 15.5 Å². The standard InChI is InChI=1S/C20H14ClF3N2O5S/c21-16-6-1-2-7-17(16)30-18-11-13(31-20(22,23)24)8-9-15(18)19(27)26-12-4-3-5-14(10-12)32(25,28)29/h1-11H,(H,26,27)(H2,25,28,29). The van der Waals surface area contributed by atoms with Gasteiger partial charge in [0.25, 0.3) is 5.91 Å². The van der Waals surface area contributed by atoms with Gasteiger partial charge in [-0.3, -0.25) is 4.79 Å². The van der Waals surface area contributed by atoms with Crippen LogP contribution in [-0.4, -0.2) is 20.7 Å². The molecule has 3 rings (SSSR count). The van der Waals surface area contributed by atoms with Crippen LogP contribution in [0.1, 0.15) is 10.4 Å². The van der Waals surface area contributed by atoms with Gasteiger partial charge in [-0.25, -0.2) is 13.6 Å². The average Bonchev–Trinajstić information content (AvgIpc) is 2.68. The van der Waals surface area contributed by atoms with Gasteiger partial charge in [0.1, 0.15) is 17.2 Å². The van der Waals surface area contributed by atoms with Gasteiger partial charge in [0, 0.05) is 11.8 Å². The van der Waals surface area contributed by atoms with Crippen LogP contribution in [0.4, 0.5) is 18.9 Å². The summed E-state index contributed by atoms with van der Waals surface area (Å²) in [5, 5.41) is 7.68. The van der Waals surface area contributed by atoms with E-state index in [1.54, 1.807) is 12.1 Å². The van der Waals surface area contributed by atoms with E-state index < -0.39 is 28.0 Å². The Hall–Kier alpha value is -3.28. The van der Waals surface area contributed by atoms with E-state index >= 15 is 0 Å². The van der Waals surface area contributed by atoms with Crippen molar-refractivity contribution in [2.75, 3.05) is 5.32 Å². The second-order valence-corrected chi connectivity index (χ2v) is 8.23. The van der Waals surface area contributed by atoms with Crippen LogP contribution < -0.4 is 19.9 Å². The number of hydrogen-bond acceptors (Lipinski definition) is 5. The number of primary sulfonamides is 1. The molecule has 0 spiro atoms. The summed E-state index contributed by atoms with van der Waals surface area (Å²) in [5.41, 5.74) is -0.0821.